The van der Waals surface area contributed by atoms with Crippen molar-refractivity contribution in [2.75, 3.05) is 7.11 Å². The van der Waals surface area contributed by atoms with Gasteiger partial charge in [-0.15, -0.1) is 0 Å². The van der Waals surface area contributed by atoms with Gasteiger partial charge in [0.1, 0.15) is 0 Å². The lowest BCUT2D eigenvalue weighted by atomic mass is 9.91. The van der Waals surface area contributed by atoms with Gasteiger partial charge in [0.15, 0.2) is 0 Å². The normalized spacial score (nSPS) is 26.2. The van der Waals surface area contributed by atoms with Crippen LogP contribution in [0.3, 0.4) is 0 Å². The lowest BCUT2D eigenvalue weighted by Gasteiger charge is -2.33. The maximum Gasteiger partial charge on any atom is 0.0724 e. The quantitative estimate of drug-likeness (QED) is 0.892. The Kier molecular flexibility index (Phi) is 4.40. The third-order valence-electron chi connectivity index (χ3n) is 4.21. The minimum Gasteiger partial charge on any atom is -0.380 e. The Bertz CT molecular complexity index is 388. The van der Waals surface area contributed by atoms with E-state index in [2.05, 4.69) is 24.3 Å². The molecule has 0 aliphatic heterocycles. The van der Waals surface area contributed by atoms with Crippen LogP contribution in [-0.2, 0) is 11.8 Å². The Morgan fingerprint density at radius 2 is 2.17 bits per heavy atom. The predicted octanol–water partition coefficient (Wildman–Crippen LogP) is 2.34. The summed E-state index contributed by atoms with van der Waals surface area (Å²) in [6.07, 6.45) is 7.30. The average Bonchev–Trinajstić information content (AvgIpc) is 2.71. The number of ether oxygens (including phenoxy) is 1. The van der Waals surface area contributed by atoms with Crippen LogP contribution >= 0.6 is 0 Å². The Hall–Kier alpha value is -0.870. The van der Waals surface area contributed by atoms with Crippen molar-refractivity contribution >= 4 is 0 Å². The van der Waals surface area contributed by atoms with Gasteiger partial charge in [0.05, 0.1) is 12.3 Å². The maximum absolute atomic E-state index is 5.59. The predicted molar refractivity (Wildman–Crippen MR) is 72.5 cm³/mol. The first-order valence-corrected chi connectivity index (χ1v) is 6.90. The van der Waals surface area contributed by atoms with Gasteiger partial charge in [-0.25, -0.2) is 0 Å². The third kappa shape index (κ3) is 2.75. The van der Waals surface area contributed by atoms with Gasteiger partial charge in [0.25, 0.3) is 0 Å². The van der Waals surface area contributed by atoms with E-state index in [9.17, 15) is 0 Å². The number of nitrogens with zero attached hydrogens (tertiary/aromatic N) is 2. The van der Waals surface area contributed by atoms with Crippen LogP contribution in [0, 0.1) is 6.92 Å². The summed E-state index contributed by atoms with van der Waals surface area (Å²) in [6, 6.07) is 0.804. The Morgan fingerprint density at radius 1 is 1.44 bits per heavy atom. The molecule has 4 nitrogen and oxygen atoms in total. The molecule has 0 bridgehead atoms. The molecule has 0 spiro atoms. The molecule has 1 aliphatic carbocycles. The molecule has 0 amide bonds. The second-order valence-corrected chi connectivity index (χ2v) is 5.36. The summed E-state index contributed by atoms with van der Waals surface area (Å²) in [5, 5.41) is 8.03. The molecular weight excluding hydrogens is 226 g/mol. The fourth-order valence-corrected chi connectivity index (χ4v) is 2.92. The minimum absolute atomic E-state index is 0.333. The first-order chi connectivity index (χ1) is 8.63. The van der Waals surface area contributed by atoms with Crippen LogP contribution in [0.1, 0.15) is 49.9 Å². The van der Waals surface area contributed by atoms with E-state index in [0.29, 0.717) is 18.2 Å². The van der Waals surface area contributed by atoms with Crippen molar-refractivity contribution in [2.24, 2.45) is 7.05 Å². The van der Waals surface area contributed by atoms with Crippen molar-refractivity contribution in [1.29, 1.82) is 0 Å². The topological polar surface area (TPSA) is 39.1 Å². The van der Waals surface area contributed by atoms with Crippen molar-refractivity contribution in [3.8, 4) is 0 Å². The lowest BCUT2D eigenvalue weighted by Crippen LogP contribution is -2.44. The molecule has 1 N–H and O–H groups in total. The van der Waals surface area contributed by atoms with E-state index in [0.717, 1.165) is 0 Å². The summed E-state index contributed by atoms with van der Waals surface area (Å²) >= 11 is 0. The highest BCUT2D eigenvalue weighted by atomic mass is 16.5. The van der Waals surface area contributed by atoms with Crippen LogP contribution in [-0.4, -0.2) is 29.0 Å². The summed E-state index contributed by atoms with van der Waals surface area (Å²) < 4.78 is 7.53. The molecule has 1 aromatic rings. The number of methoxy groups -OCH3 is 1. The van der Waals surface area contributed by atoms with Crippen LogP contribution < -0.4 is 5.32 Å². The number of hydrogen-bond donors (Lipinski definition) is 1. The molecule has 1 heterocycles. The standard InChI is InChI=1S/C14H25N3O/c1-10(12-9-15-17(3)11(12)2)16-13-7-5-6-8-14(13)18-4/h9-10,13-14,16H,5-8H2,1-4H3. The van der Waals surface area contributed by atoms with Crippen molar-refractivity contribution < 1.29 is 4.74 Å². The summed E-state index contributed by atoms with van der Waals surface area (Å²) in [4.78, 5) is 0. The highest BCUT2D eigenvalue weighted by Gasteiger charge is 2.26. The number of aryl methyl sites for hydroxylation is 1. The van der Waals surface area contributed by atoms with Gasteiger partial charge in [-0.3, -0.25) is 4.68 Å². The largest absolute Gasteiger partial charge is 0.380 e. The monoisotopic (exact) mass is 251 g/mol. The number of aromatic nitrogens is 2. The van der Waals surface area contributed by atoms with Gasteiger partial charge >= 0.3 is 0 Å². The molecule has 3 atom stereocenters. The second kappa shape index (κ2) is 5.85. The molecule has 0 radical (unpaired) electrons. The third-order valence-corrected chi connectivity index (χ3v) is 4.21. The zero-order chi connectivity index (χ0) is 13.1. The van der Waals surface area contributed by atoms with Gasteiger partial charge in [-0.05, 0) is 26.7 Å². The molecule has 4 heteroatoms. The van der Waals surface area contributed by atoms with Crippen LogP contribution in [0.5, 0.6) is 0 Å². The molecule has 1 saturated carbocycles. The summed E-state index contributed by atoms with van der Waals surface area (Å²) in [5.74, 6) is 0. The van der Waals surface area contributed by atoms with Crippen LogP contribution in [0.15, 0.2) is 6.20 Å². The van der Waals surface area contributed by atoms with Crippen LogP contribution in [0.25, 0.3) is 0 Å². The van der Waals surface area contributed by atoms with Gasteiger partial charge in [0.2, 0.25) is 0 Å². The van der Waals surface area contributed by atoms with E-state index in [4.69, 9.17) is 4.74 Å². The summed E-state index contributed by atoms with van der Waals surface area (Å²) in [6.45, 7) is 4.33. The highest BCUT2D eigenvalue weighted by Crippen LogP contribution is 2.24. The second-order valence-electron chi connectivity index (χ2n) is 5.36. The fraction of sp³-hybridized carbons (Fsp3) is 0.786. The molecular formula is C14H25N3O. The smallest absolute Gasteiger partial charge is 0.0724 e. The average molecular weight is 251 g/mol. The Morgan fingerprint density at radius 3 is 2.78 bits per heavy atom. The number of hydrogen-bond acceptors (Lipinski definition) is 3. The van der Waals surface area contributed by atoms with E-state index in [1.807, 2.05) is 25.0 Å². The molecule has 102 valence electrons. The van der Waals surface area contributed by atoms with Crippen molar-refractivity contribution in [1.82, 2.24) is 15.1 Å². The molecule has 1 aromatic heterocycles. The van der Waals surface area contributed by atoms with Crippen LogP contribution in [0.4, 0.5) is 0 Å². The summed E-state index contributed by atoms with van der Waals surface area (Å²) in [7, 11) is 3.81. The molecule has 3 unspecified atom stereocenters. The van der Waals surface area contributed by atoms with E-state index in [-0.39, 0.29) is 0 Å². The first kappa shape index (κ1) is 13.6. The molecule has 0 saturated heterocycles. The van der Waals surface area contributed by atoms with Crippen molar-refractivity contribution in [3.63, 3.8) is 0 Å². The van der Waals surface area contributed by atoms with Crippen LogP contribution in [0.2, 0.25) is 0 Å². The SMILES string of the molecule is COC1CCCCC1NC(C)c1cnn(C)c1C. The van der Waals surface area contributed by atoms with Gasteiger partial charge < -0.3 is 10.1 Å². The van der Waals surface area contributed by atoms with E-state index < -0.39 is 0 Å². The summed E-state index contributed by atoms with van der Waals surface area (Å²) in [5.41, 5.74) is 2.53. The number of rotatable bonds is 4. The number of nitrogens with one attached hydrogen (secondary N) is 1. The zero-order valence-electron chi connectivity index (χ0n) is 11.9. The molecule has 2 rings (SSSR count). The van der Waals surface area contributed by atoms with Crippen molar-refractivity contribution in [3.05, 3.63) is 17.5 Å². The van der Waals surface area contributed by atoms with E-state index in [1.54, 1.807) is 0 Å². The Labute approximate surface area is 110 Å². The van der Waals surface area contributed by atoms with Gasteiger partial charge in [-0.1, -0.05) is 12.8 Å². The molecule has 0 aromatic carbocycles. The van der Waals surface area contributed by atoms with E-state index in [1.165, 1.54) is 36.9 Å². The first-order valence-electron chi connectivity index (χ1n) is 6.90. The maximum atomic E-state index is 5.59. The van der Waals surface area contributed by atoms with Gasteiger partial charge in [-0.2, -0.15) is 5.10 Å². The fourth-order valence-electron chi connectivity index (χ4n) is 2.92. The molecule has 1 fully saturated rings. The van der Waals surface area contributed by atoms with E-state index >= 15 is 0 Å². The molecule has 1 aliphatic rings. The lowest BCUT2D eigenvalue weighted by molar-refractivity contribution is 0.0383. The highest BCUT2D eigenvalue weighted by molar-refractivity contribution is 5.20. The Balaban J connectivity index is 2.01. The molecule has 18 heavy (non-hydrogen) atoms. The minimum atomic E-state index is 0.333. The van der Waals surface area contributed by atoms with Crippen molar-refractivity contribution in [2.45, 2.75) is 57.7 Å². The zero-order valence-corrected chi connectivity index (χ0v) is 11.9. The van der Waals surface area contributed by atoms with Gasteiger partial charge in [0, 0.05) is 37.5 Å².